The Balaban J connectivity index is 2.62. The third kappa shape index (κ3) is 2.91. The monoisotopic (exact) mass is 277 g/mol. The van der Waals surface area contributed by atoms with Crippen LogP contribution >= 0.6 is 7.82 Å². The minimum Gasteiger partial charge on any atom is -0.404 e. The summed E-state index contributed by atoms with van der Waals surface area (Å²) in [5, 5.41) is 1.50. The van der Waals surface area contributed by atoms with E-state index in [0.717, 1.165) is 6.20 Å². The number of phosphoric ester groups is 1. The Bertz CT molecular complexity index is 829. The molecule has 2 rings (SSSR count). The van der Waals surface area contributed by atoms with Crippen LogP contribution in [0.1, 0.15) is 15.2 Å². The van der Waals surface area contributed by atoms with Crippen molar-refractivity contribution in [2.24, 2.45) is 0 Å². The molecule has 1 aromatic carbocycles. The Morgan fingerprint density at radius 3 is 3.17 bits per heavy atom. The van der Waals surface area contributed by atoms with Crippen molar-refractivity contribution in [1.82, 2.24) is 10.3 Å². The maximum Gasteiger partial charge on any atom is 0.524 e. The number of fused-ring (bicyclic) bond motifs is 1. The topological polar surface area (TPSA) is 94.6 Å². The smallest absolute Gasteiger partial charge is 0.404 e. The maximum absolute atomic E-state index is 11.1. The number of hydrogen-bond acceptors (Lipinski definition) is 3. The normalized spacial score (nSPS) is 20.0. The number of benzene rings is 1. The highest BCUT2D eigenvalue weighted by atomic mass is 31.2. The predicted octanol–water partition coefficient (Wildman–Crippen LogP) is 1.40. The molecular weight excluding hydrogens is 255 g/mol. The van der Waals surface area contributed by atoms with Crippen molar-refractivity contribution in [2.75, 3.05) is 13.5 Å². The van der Waals surface area contributed by atoms with Crippen LogP contribution in [0.25, 0.3) is 10.9 Å². The third-order valence-electron chi connectivity index (χ3n) is 2.14. The number of H-pyrrole nitrogens is 1. The summed E-state index contributed by atoms with van der Waals surface area (Å²) in [6.07, 6.45) is -1.79. The molecule has 7 heteroatoms. The van der Waals surface area contributed by atoms with Crippen molar-refractivity contribution in [3.63, 3.8) is 0 Å². The van der Waals surface area contributed by atoms with E-state index < -0.39 is 27.7 Å². The van der Waals surface area contributed by atoms with Crippen LogP contribution in [0.2, 0.25) is 0 Å². The quantitative estimate of drug-likeness (QED) is 0.620. The molecule has 0 atom stereocenters. The fourth-order valence-corrected chi connectivity index (χ4v) is 1.96. The highest BCUT2D eigenvalue weighted by Gasteiger charge is 2.19. The van der Waals surface area contributed by atoms with Crippen molar-refractivity contribution in [3.8, 4) is 5.75 Å². The lowest BCUT2D eigenvalue weighted by Gasteiger charge is -2.09. The second-order valence-electron chi connectivity index (χ2n) is 3.34. The SMILES string of the molecule is [2H]C([2H])([2H])NC([2H])([2H])C([2H])([2H])c1c[nH]c2cccc(OP(=O)(O)O)c12. The van der Waals surface area contributed by atoms with Crippen LogP contribution in [0.3, 0.4) is 0 Å². The van der Waals surface area contributed by atoms with E-state index in [0.29, 0.717) is 0 Å². The van der Waals surface area contributed by atoms with Gasteiger partial charge in [-0.25, -0.2) is 4.57 Å². The molecule has 1 heterocycles. The molecular formula is C11H15N2O4P. The lowest BCUT2D eigenvalue weighted by atomic mass is 10.1. The second-order valence-corrected chi connectivity index (χ2v) is 4.50. The van der Waals surface area contributed by atoms with Crippen molar-refractivity contribution in [2.45, 2.75) is 6.37 Å². The number of likely N-dealkylation sites (N-methyl/N-ethyl adjacent to an activating group) is 1. The number of phosphoric acid groups is 1. The molecule has 0 aliphatic rings. The summed E-state index contributed by atoms with van der Waals surface area (Å²) in [6.45, 7) is -5.98. The van der Waals surface area contributed by atoms with E-state index in [1.165, 1.54) is 18.2 Å². The van der Waals surface area contributed by atoms with Gasteiger partial charge in [0.2, 0.25) is 0 Å². The van der Waals surface area contributed by atoms with E-state index >= 15 is 0 Å². The molecule has 0 saturated carbocycles. The molecule has 0 bridgehead atoms. The number of hydrogen-bond donors (Lipinski definition) is 4. The molecule has 0 saturated heterocycles. The zero-order valence-corrected chi connectivity index (χ0v) is 9.86. The molecule has 1 aromatic heterocycles. The van der Waals surface area contributed by atoms with Crippen LogP contribution in [0, 0.1) is 0 Å². The van der Waals surface area contributed by atoms with Crippen LogP contribution in [0.4, 0.5) is 0 Å². The molecule has 0 unspecified atom stereocenters. The second kappa shape index (κ2) is 5.12. The van der Waals surface area contributed by atoms with Crippen molar-refractivity contribution in [1.29, 1.82) is 0 Å². The lowest BCUT2D eigenvalue weighted by Crippen LogP contribution is -2.10. The molecule has 0 amide bonds. The summed E-state index contributed by atoms with van der Waals surface area (Å²) >= 11 is 0. The summed E-state index contributed by atoms with van der Waals surface area (Å²) in [6, 6.07) is 4.05. The molecule has 2 aromatic rings. The van der Waals surface area contributed by atoms with Crippen LogP contribution < -0.4 is 9.84 Å². The number of aryl methyl sites for hydroxylation is 1. The Labute approximate surface area is 114 Å². The van der Waals surface area contributed by atoms with Crippen LogP contribution in [-0.4, -0.2) is 28.2 Å². The minimum absolute atomic E-state index is 0.105. The average Bonchev–Trinajstić information content (AvgIpc) is 2.79. The molecule has 0 aliphatic heterocycles. The van der Waals surface area contributed by atoms with Gasteiger partial charge in [-0.3, -0.25) is 9.79 Å². The van der Waals surface area contributed by atoms with Gasteiger partial charge in [0.05, 0.1) is 0 Å². The Morgan fingerprint density at radius 1 is 1.61 bits per heavy atom. The van der Waals surface area contributed by atoms with Crippen LogP contribution in [0.15, 0.2) is 24.4 Å². The Kier molecular flexibility index (Phi) is 1.91. The van der Waals surface area contributed by atoms with Gasteiger partial charge in [-0.05, 0) is 37.5 Å². The molecule has 6 nitrogen and oxygen atoms in total. The van der Waals surface area contributed by atoms with E-state index in [1.807, 2.05) is 0 Å². The number of aromatic amines is 1. The summed E-state index contributed by atoms with van der Waals surface area (Å²) < 4.78 is 68.7. The maximum atomic E-state index is 11.1. The number of rotatable bonds is 5. The highest BCUT2D eigenvalue weighted by molar-refractivity contribution is 7.46. The molecule has 0 aliphatic carbocycles. The molecule has 98 valence electrons. The first kappa shape index (κ1) is 6.73. The first-order chi connectivity index (χ1) is 11.1. The third-order valence-corrected chi connectivity index (χ3v) is 2.58. The van der Waals surface area contributed by atoms with Gasteiger partial charge in [0.1, 0.15) is 5.75 Å². The van der Waals surface area contributed by atoms with Crippen molar-refractivity contribution >= 4 is 18.7 Å². The minimum atomic E-state index is -4.95. The zero-order chi connectivity index (χ0) is 19.3. The fraction of sp³-hybridized carbons (Fsp3) is 0.273. The van der Waals surface area contributed by atoms with E-state index in [9.17, 15) is 4.57 Å². The van der Waals surface area contributed by atoms with Gasteiger partial charge in [0.15, 0.2) is 0 Å². The molecule has 18 heavy (non-hydrogen) atoms. The Hall–Kier alpha value is -1.33. The highest BCUT2D eigenvalue weighted by Crippen LogP contribution is 2.41. The summed E-state index contributed by atoms with van der Waals surface area (Å²) in [4.78, 5) is 20.6. The van der Waals surface area contributed by atoms with E-state index in [-0.39, 0.29) is 22.2 Å². The summed E-state index contributed by atoms with van der Waals surface area (Å²) in [7, 11) is -4.95. The molecule has 0 spiro atoms. The van der Waals surface area contributed by atoms with Gasteiger partial charge >= 0.3 is 7.82 Å². The predicted molar refractivity (Wildman–Crippen MR) is 68.6 cm³/mol. The standard InChI is InChI=1S/C11H15N2O4P/c1-12-6-5-8-7-13-9-3-2-4-10(11(8)9)17-18(14,15)16/h2-4,7,12-13H,5-6H2,1H3,(H2,14,15,16)/i1D3,5D2,6D2. The van der Waals surface area contributed by atoms with Gasteiger partial charge in [-0.2, -0.15) is 0 Å². The van der Waals surface area contributed by atoms with Gasteiger partial charge in [0, 0.05) is 26.7 Å². The summed E-state index contributed by atoms with van der Waals surface area (Å²) in [5.41, 5.74) is -0.122. The van der Waals surface area contributed by atoms with E-state index in [2.05, 4.69) is 9.51 Å². The fourth-order valence-electron chi connectivity index (χ4n) is 1.55. The molecule has 0 fully saturated rings. The van der Waals surface area contributed by atoms with Gasteiger partial charge in [-0.15, -0.1) is 0 Å². The van der Waals surface area contributed by atoms with E-state index in [1.54, 1.807) is 5.32 Å². The van der Waals surface area contributed by atoms with Crippen molar-refractivity contribution in [3.05, 3.63) is 30.0 Å². The average molecular weight is 277 g/mol. The van der Waals surface area contributed by atoms with Crippen molar-refractivity contribution < 1.29 is 28.5 Å². The first-order valence-corrected chi connectivity index (χ1v) is 6.32. The zero-order valence-electron chi connectivity index (χ0n) is 16.0. The Morgan fingerprint density at radius 2 is 2.44 bits per heavy atom. The number of aromatic nitrogens is 1. The van der Waals surface area contributed by atoms with Crippen LogP contribution in [-0.2, 0) is 10.9 Å². The van der Waals surface area contributed by atoms with Gasteiger partial charge < -0.3 is 14.8 Å². The summed E-state index contributed by atoms with van der Waals surface area (Å²) in [5.74, 6) is -0.365. The largest absolute Gasteiger partial charge is 0.524 e. The number of nitrogens with one attached hydrogen (secondary N) is 2. The van der Waals surface area contributed by atoms with Gasteiger partial charge in [0.25, 0.3) is 0 Å². The molecule has 0 radical (unpaired) electrons. The first-order valence-electron chi connectivity index (χ1n) is 8.29. The molecule has 4 N–H and O–H groups in total. The van der Waals surface area contributed by atoms with Crippen LogP contribution in [0.5, 0.6) is 5.75 Å². The lowest BCUT2D eigenvalue weighted by molar-refractivity contribution is 0.284. The van der Waals surface area contributed by atoms with E-state index in [4.69, 9.17) is 19.4 Å². The van der Waals surface area contributed by atoms with Gasteiger partial charge in [-0.1, -0.05) is 6.07 Å².